The number of nitrogens with one attached hydrogen (secondary N) is 1. The second-order valence-corrected chi connectivity index (χ2v) is 4.80. The minimum Gasteiger partial charge on any atom is -0.394 e. The molecule has 0 aliphatic carbocycles. The van der Waals surface area contributed by atoms with Crippen molar-refractivity contribution in [2.24, 2.45) is 0 Å². The van der Waals surface area contributed by atoms with Crippen LogP contribution in [0.3, 0.4) is 0 Å². The molecule has 2 aliphatic rings. The van der Waals surface area contributed by atoms with E-state index in [-0.39, 0.29) is 18.5 Å². The van der Waals surface area contributed by atoms with Gasteiger partial charge in [0, 0.05) is 6.54 Å². The molecule has 0 radical (unpaired) electrons. The maximum Gasteiger partial charge on any atom is 0.573 e. The zero-order chi connectivity index (χ0) is 14.2. The summed E-state index contributed by atoms with van der Waals surface area (Å²) in [6.45, 7) is 0.814. The number of hydrazine groups is 1. The summed E-state index contributed by atoms with van der Waals surface area (Å²) < 4.78 is 51.9. The Labute approximate surface area is 115 Å². The largest absolute Gasteiger partial charge is 0.573 e. The third-order valence-electron chi connectivity index (χ3n) is 3.72. The minimum atomic E-state index is -4.44. The van der Waals surface area contributed by atoms with Gasteiger partial charge in [-0.05, 0) is 12.0 Å². The lowest BCUT2D eigenvalue weighted by Crippen LogP contribution is -2.61. The van der Waals surface area contributed by atoms with Gasteiger partial charge in [-0.15, -0.1) is 0 Å². The molecule has 0 aromatic heterocycles. The molecular weight excluding hydrogens is 272 g/mol. The van der Waals surface area contributed by atoms with Crippen molar-refractivity contribution in [2.75, 3.05) is 19.8 Å². The van der Waals surface area contributed by atoms with Gasteiger partial charge in [-0.1, -0.05) is 30.3 Å². The van der Waals surface area contributed by atoms with Crippen LogP contribution in [0, 0.1) is 0 Å². The third kappa shape index (κ3) is 2.03. The Bertz CT molecular complexity index is 468. The van der Waals surface area contributed by atoms with E-state index in [1.54, 1.807) is 18.2 Å². The lowest BCUT2D eigenvalue weighted by Gasteiger charge is -2.40. The van der Waals surface area contributed by atoms with E-state index in [4.69, 9.17) is 9.31 Å². The van der Waals surface area contributed by atoms with Crippen molar-refractivity contribution in [1.82, 2.24) is 10.3 Å². The predicted octanol–water partition coefficient (Wildman–Crippen LogP) is 1.69. The van der Waals surface area contributed by atoms with Crippen LogP contribution in [-0.2, 0) is 14.8 Å². The van der Waals surface area contributed by atoms with Crippen LogP contribution in [0.4, 0.5) is 13.2 Å². The molecule has 8 heteroatoms. The van der Waals surface area contributed by atoms with Gasteiger partial charge in [0.2, 0.25) is 0 Å². The average molecular weight is 286 g/mol. The van der Waals surface area contributed by atoms with Crippen LogP contribution < -0.4 is 5.43 Å². The molecule has 1 aromatic rings. The second kappa shape index (κ2) is 5.03. The van der Waals surface area contributed by atoms with Crippen molar-refractivity contribution in [3.05, 3.63) is 35.9 Å². The maximum absolute atomic E-state index is 13.8. The minimum absolute atomic E-state index is 0.0796. The van der Waals surface area contributed by atoms with Crippen LogP contribution in [0.5, 0.6) is 0 Å². The summed E-state index contributed by atoms with van der Waals surface area (Å²) in [5, 5.41) is 0. The molecule has 0 spiro atoms. The molecule has 2 aliphatic heterocycles. The van der Waals surface area contributed by atoms with E-state index in [1.807, 2.05) is 0 Å². The van der Waals surface area contributed by atoms with Crippen molar-refractivity contribution in [2.45, 2.75) is 18.1 Å². The third-order valence-corrected chi connectivity index (χ3v) is 3.72. The van der Waals surface area contributed by atoms with E-state index < -0.39 is 19.0 Å². The lowest BCUT2D eigenvalue weighted by atomic mass is 9.82. The first kappa shape index (κ1) is 13.9. The first-order valence-corrected chi connectivity index (χ1v) is 6.44. The monoisotopic (exact) mass is 286 g/mol. The fraction of sp³-hybridized carbons (Fsp3) is 0.500. The topological polar surface area (TPSA) is 33.7 Å². The Kier molecular flexibility index (Phi) is 3.49. The Morgan fingerprint density at radius 3 is 2.40 bits per heavy atom. The second-order valence-electron chi connectivity index (χ2n) is 4.80. The van der Waals surface area contributed by atoms with Gasteiger partial charge in [0.1, 0.15) is 0 Å². The van der Waals surface area contributed by atoms with Crippen LogP contribution >= 0.6 is 0 Å². The van der Waals surface area contributed by atoms with Gasteiger partial charge in [0.25, 0.3) is 0 Å². The van der Waals surface area contributed by atoms with E-state index in [2.05, 4.69) is 5.43 Å². The molecule has 1 atom stereocenters. The zero-order valence-corrected chi connectivity index (χ0v) is 10.7. The van der Waals surface area contributed by atoms with Crippen molar-refractivity contribution in [3.63, 3.8) is 0 Å². The number of nitrogens with zero attached hydrogens (tertiary/aromatic N) is 1. The van der Waals surface area contributed by atoms with Crippen molar-refractivity contribution in [1.29, 1.82) is 0 Å². The van der Waals surface area contributed by atoms with Gasteiger partial charge in [-0.25, -0.2) is 4.92 Å². The Balaban J connectivity index is 2.05. The van der Waals surface area contributed by atoms with E-state index >= 15 is 0 Å². The van der Waals surface area contributed by atoms with Crippen molar-refractivity contribution in [3.8, 4) is 0 Å². The standard InChI is InChI=1S/C12H14BF3N2O2/c14-12(15,16)11(10-4-2-1-3-5-10)6-7-17-18(11)13-19-8-9-20-13/h1-5,17H,6-9H2. The van der Waals surface area contributed by atoms with Gasteiger partial charge in [-0.3, -0.25) is 5.43 Å². The molecule has 2 saturated heterocycles. The van der Waals surface area contributed by atoms with Gasteiger partial charge >= 0.3 is 13.4 Å². The summed E-state index contributed by atoms with van der Waals surface area (Å²) >= 11 is 0. The maximum atomic E-state index is 13.8. The smallest absolute Gasteiger partial charge is 0.394 e. The highest BCUT2D eigenvalue weighted by Gasteiger charge is 2.65. The molecule has 3 rings (SSSR count). The van der Waals surface area contributed by atoms with E-state index in [0.29, 0.717) is 13.2 Å². The number of rotatable bonds is 2. The van der Waals surface area contributed by atoms with Gasteiger partial charge in [0.05, 0.1) is 13.2 Å². The summed E-state index contributed by atoms with van der Waals surface area (Å²) in [4.78, 5) is 1.06. The van der Waals surface area contributed by atoms with Gasteiger partial charge in [0.15, 0.2) is 5.54 Å². The normalized spacial score (nSPS) is 28.2. The summed E-state index contributed by atoms with van der Waals surface area (Å²) in [6, 6.07) is 7.89. The Morgan fingerprint density at radius 2 is 1.80 bits per heavy atom. The molecule has 0 saturated carbocycles. The molecular formula is C12H14BF3N2O2. The molecule has 1 N–H and O–H groups in total. The fourth-order valence-electron chi connectivity index (χ4n) is 2.80. The first-order chi connectivity index (χ1) is 9.56. The number of benzene rings is 1. The number of hydrogen-bond donors (Lipinski definition) is 1. The highest BCUT2D eigenvalue weighted by molar-refractivity contribution is 6.41. The van der Waals surface area contributed by atoms with Crippen molar-refractivity contribution >= 4 is 7.25 Å². The first-order valence-electron chi connectivity index (χ1n) is 6.44. The summed E-state index contributed by atoms with van der Waals surface area (Å²) in [5.74, 6) is 0. The molecule has 4 nitrogen and oxygen atoms in total. The van der Waals surface area contributed by atoms with E-state index in [1.165, 1.54) is 12.1 Å². The molecule has 20 heavy (non-hydrogen) atoms. The number of hydrogen-bond acceptors (Lipinski definition) is 4. The SMILES string of the molecule is FC(F)(F)C1(c2ccccc2)CCNN1B1OCCO1. The molecule has 2 heterocycles. The zero-order valence-electron chi connectivity index (χ0n) is 10.7. The highest BCUT2D eigenvalue weighted by Crippen LogP contribution is 2.48. The van der Waals surface area contributed by atoms with Crippen molar-refractivity contribution < 1.29 is 22.5 Å². The van der Waals surface area contributed by atoms with E-state index in [0.717, 1.165) is 4.92 Å². The quantitative estimate of drug-likeness (QED) is 0.839. The highest BCUT2D eigenvalue weighted by atomic mass is 19.4. The van der Waals surface area contributed by atoms with Gasteiger partial charge in [-0.2, -0.15) is 13.2 Å². The lowest BCUT2D eigenvalue weighted by molar-refractivity contribution is -0.223. The summed E-state index contributed by atoms with van der Waals surface area (Å²) in [7, 11) is -1.01. The molecule has 0 bridgehead atoms. The van der Waals surface area contributed by atoms with Crippen LogP contribution in [0.1, 0.15) is 12.0 Å². The number of halogens is 3. The summed E-state index contributed by atoms with van der Waals surface area (Å²) in [6.07, 6.45) is -4.52. The molecule has 1 aromatic carbocycles. The Morgan fingerprint density at radius 1 is 1.15 bits per heavy atom. The Hall–Kier alpha value is -1.09. The molecule has 2 fully saturated rings. The molecule has 0 amide bonds. The van der Waals surface area contributed by atoms with Crippen LogP contribution in [-0.4, -0.2) is 38.1 Å². The van der Waals surface area contributed by atoms with Crippen LogP contribution in [0.15, 0.2) is 30.3 Å². The summed E-state index contributed by atoms with van der Waals surface area (Å²) in [5.41, 5.74) is 0.827. The van der Waals surface area contributed by atoms with E-state index in [9.17, 15) is 13.2 Å². The predicted molar refractivity (Wildman–Crippen MR) is 66.3 cm³/mol. The van der Waals surface area contributed by atoms with Gasteiger partial charge < -0.3 is 9.31 Å². The average Bonchev–Trinajstić information content (AvgIpc) is 3.08. The fourth-order valence-corrected chi connectivity index (χ4v) is 2.80. The molecule has 108 valence electrons. The van der Waals surface area contributed by atoms with Crippen LogP contribution in [0.2, 0.25) is 0 Å². The molecule has 1 unspecified atom stereocenters. The van der Waals surface area contributed by atoms with Crippen LogP contribution in [0.25, 0.3) is 0 Å². The number of alkyl halides is 3.